The molecule has 1 saturated carbocycles. The van der Waals surface area contributed by atoms with Gasteiger partial charge in [0.15, 0.2) is 0 Å². The van der Waals surface area contributed by atoms with Gasteiger partial charge in [0.05, 0.1) is 6.61 Å². The summed E-state index contributed by atoms with van der Waals surface area (Å²) in [6.07, 6.45) is 7.71. The second-order valence-electron chi connectivity index (χ2n) is 5.70. The molecule has 0 saturated heterocycles. The Balaban J connectivity index is 1.70. The lowest BCUT2D eigenvalue weighted by Gasteiger charge is -2.22. The van der Waals surface area contributed by atoms with Gasteiger partial charge in [0.25, 0.3) is 0 Å². The summed E-state index contributed by atoms with van der Waals surface area (Å²) in [7, 11) is 0. The molecule has 1 nitrogen and oxygen atoms in total. The summed E-state index contributed by atoms with van der Waals surface area (Å²) in [5, 5.41) is 0.375. The van der Waals surface area contributed by atoms with Crippen LogP contribution in [0.4, 0.5) is 0 Å². The third-order valence-electron chi connectivity index (χ3n) is 4.45. The Kier molecular flexibility index (Phi) is 3.79. The van der Waals surface area contributed by atoms with Crippen LogP contribution in [0.1, 0.15) is 50.0 Å². The molecular formula is C16H21ClO. The molecule has 0 aromatic heterocycles. The van der Waals surface area contributed by atoms with E-state index >= 15 is 0 Å². The SMILES string of the molecule is ClC1CCCCCC1CC1COc2ccccc21. The smallest absolute Gasteiger partial charge is 0.122 e. The Morgan fingerprint density at radius 1 is 1.11 bits per heavy atom. The fourth-order valence-corrected chi connectivity index (χ4v) is 3.78. The van der Waals surface area contributed by atoms with E-state index in [1.54, 1.807) is 0 Å². The molecule has 3 rings (SSSR count). The number of hydrogen-bond acceptors (Lipinski definition) is 1. The average molecular weight is 265 g/mol. The van der Waals surface area contributed by atoms with Crippen LogP contribution in [0.3, 0.4) is 0 Å². The minimum absolute atomic E-state index is 0.375. The predicted molar refractivity (Wildman–Crippen MR) is 75.5 cm³/mol. The molecule has 2 heteroatoms. The van der Waals surface area contributed by atoms with E-state index in [-0.39, 0.29) is 0 Å². The van der Waals surface area contributed by atoms with Crippen LogP contribution >= 0.6 is 11.6 Å². The van der Waals surface area contributed by atoms with Gasteiger partial charge in [-0.3, -0.25) is 0 Å². The van der Waals surface area contributed by atoms with E-state index in [0.29, 0.717) is 17.2 Å². The number of halogens is 1. The zero-order valence-corrected chi connectivity index (χ0v) is 11.5. The highest BCUT2D eigenvalue weighted by molar-refractivity contribution is 6.20. The third-order valence-corrected chi connectivity index (χ3v) is 5.03. The number of alkyl halides is 1. The van der Waals surface area contributed by atoms with Crippen molar-refractivity contribution in [2.75, 3.05) is 6.61 Å². The van der Waals surface area contributed by atoms with Crippen molar-refractivity contribution < 1.29 is 4.74 Å². The molecule has 1 aromatic rings. The molecule has 1 heterocycles. The van der Waals surface area contributed by atoms with Gasteiger partial charge in [-0.05, 0) is 31.2 Å². The van der Waals surface area contributed by atoms with E-state index in [4.69, 9.17) is 16.3 Å². The van der Waals surface area contributed by atoms with Gasteiger partial charge in [-0.2, -0.15) is 0 Å². The summed E-state index contributed by atoms with van der Waals surface area (Å²) in [5.41, 5.74) is 1.39. The highest BCUT2D eigenvalue weighted by Gasteiger charge is 2.30. The predicted octanol–water partition coefficient (Wildman–Crippen LogP) is 4.74. The van der Waals surface area contributed by atoms with Crippen molar-refractivity contribution in [3.05, 3.63) is 29.8 Å². The van der Waals surface area contributed by atoms with Gasteiger partial charge in [0.1, 0.15) is 5.75 Å². The molecule has 0 spiro atoms. The van der Waals surface area contributed by atoms with Crippen molar-refractivity contribution in [2.45, 2.75) is 49.8 Å². The Morgan fingerprint density at radius 2 is 1.94 bits per heavy atom. The van der Waals surface area contributed by atoms with Crippen LogP contribution in [0.2, 0.25) is 0 Å². The highest BCUT2D eigenvalue weighted by Crippen LogP contribution is 2.41. The minimum atomic E-state index is 0.375. The van der Waals surface area contributed by atoms with E-state index in [1.165, 1.54) is 44.1 Å². The van der Waals surface area contributed by atoms with Crippen molar-refractivity contribution in [2.24, 2.45) is 5.92 Å². The molecule has 0 amide bonds. The largest absolute Gasteiger partial charge is 0.493 e. The maximum atomic E-state index is 6.55. The van der Waals surface area contributed by atoms with Crippen molar-refractivity contribution >= 4 is 11.6 Å². The molecule has 0 bridgehead atoms. The summed E-state index contributed by atoms with van der Waals surface area (Å²) < 4.78 is 5.78. The normalized spacial score (nSPS) is 31.5. The van der Waals surface area contributed by atoms with Crippen LogP contribution in [-0.2, 0) is 0 Å². The first-order chi connectivity index (χ1) is 8.84. The Hall–Kier alpha value is -0.690. The minimum Gasteiger partial charge on any atom is -0.493 e. The molecule has 3 atom stereocenters. The van der Waals surface area contributed by atoms with E-state index in [2.05, 4.69) is 24.3 Å². The lowest BCUT2D eigenvalue weighted by atomic mass is 9.86. The second-order valence-corrected chi connectivity index (χ2v) is 6.26. The molecular weight excluding hydrogens is 244 g/mol. The average Bonchev–Trinajstić information content (AvgIpc) is 2.69. The summed E-state index contributed by atoms with van der Waals surface area (Å²) in [6, 6.07) is 8.47. The monoisotopic (exact) mass is 264 g/mol. The Morgan fingerprint density at radius 3 is 2.89 bits per heavy atom. The first-order valence-corrected chi connectivity index (χ1v) is 7.64. The third kappa shape index (κ3) is 2.51. The Labute approximate surface area is 114 Å². The fraction of sp³-hybridized carbons (Fsp3) is 0.625. The number of rotatable bonds is 2. The van der Waals surface area contributed by atoms with Gasteiger partial charge < -0.3 is 4.74 Å². The van der Waals surface area contributed by atoms with Crippen LogP contribution < -0.4 is 4.74 Å². The van der Waals surface area contributed by atoms with Gasteiger partial charge >= 0.3 is 0 Å². The van der Waals surface area contributed by atoms with Gasteiger partial charge in [0.2, 0.25) is 0 Å². The van der Waals surface area contributed by atoms with E-state index in [1.807, 2.05) is 0 Å². The topological polar surface area (TPSA) is 9.23 Å². The maximum absolute atomic E-state index is 6.55. The van der Waals surface area contributed by atoms with Gasteiger partial charge in [-0.15, -0.1) is 11.6 Å². The molecule has 98 valence electrons. The number of ether oxygens (including phenoxy) is 1. The lowest BCUT2D eigenvalue weighted by Crippen LogP contribution is -2.17. The number of benzene rings is 1. The van der Waals surface area contributed by atoms with Gasteiger partial charge in [0, 0.05) is 16.9 Å². The second kappa shape index (κ2) is 5.52. The Bertz CT molecular complexity index is 404. The molecule has 1 aromatic carbocycles. The number of hydrogen-bond donors (Lipinski definition) is 0. The summed E-state index contributed by atoms with van der Waals surface area (Å²) >= 11 is 6.55. The van der Waals surface area contributed by atoms with E-state index < -0.39 is 0 Å². The maximum Gasteiger partial charge on any atom is 0.122 e. The zero-order valence-electron chi connectivity index (χ0n) is 10.8. The van der Waals surface area contributed by atoms with Crippen LogP contribution in [-0.4, -0.2) is 12.0 Å². The lowest BCUT2D eigenvalue weighted by molar-refractivity contribution is 0.298. The molecule has 1 fully saturated rings. The quantitative estimate of drug-likeness (QED) is 0.554. The standard InChI is InChI=1S/C16H21ClO/c17-15-8-3-1-2-6-12(15)10-13-11-18-16-9-5-4-7-14(13)16/h4-5,7,9,12-13,15H,1-3,6,8,10-11H2. The van der Waals surface area contributed by atoms with E-state index in [9.17, 15) is 0 Å². The number of fused-ring (bicyclic) bond motifs is 1. The highest BCUT2D eigenvalue weighted by atomic mass is 35.5. The summed E-state index contributed by atoms with van der Waals surface area (Å²) in [4.78, 5) is 0. The van der Waals surface area contributed by atoms with Crippen LogP contribution in [0.25, 0.3) is 0 Å². The summed E-state index contributed by atoms with van der Waals surface area (Å²) in [6.45, 7) is 0.847. The fourth-order valence-electron chi connectivity index (χ4n) is 3.39. The molecule has 1 aliphatic heterocycles. The van der Waals surface area contributed by atoms with Crippen molar-refractivity contribution in [1.82, 2.24) is 0 Å². The van der Waals surface area contributed by atoms with Crippen LogP contribution in [0, 0.1) is 5.92 Å². The summed E-state index contributed by atoms with van der Waals surface area (Å²) in [5.74, 6) is 2.32. The van der Waals surface area contributed by atoms with Crippen molar-refractivity contribution in [3.63, 3.8) is 0 Å². The molecule has 18 heavy (non-hydrogen) atoms. The van der Waals surface area contributed by atoms with Gasteiger partial charge in [-0.1, -0.05) is 37.5 Å². The molecule has 0 radical (unpaired) electrons. The zero-order chi connectivity index (χ0) is 12.4. The van der Waals surface area contributed by atoms with Crippen molar-refractivity contribution in [3.8, 4) is 5.75 Å². The van der Waals surface area contributed by atoms with Crippen LogP contribution in [0.5, 0.6) is 5.75 Å². The first kappa shape index (κ1) is 12.3. The molecule has 1 aliphatic carbocycles. The first-order valence-electron chi connectivity index (χ1n) is 7.20. The van der Waals surface area contributed by atoms with Crippen molar-refractivity contribution in [1.29, 1.82) is 0 Å². The molecule has 0 N–H and O–H groups in total. The van der Waals surface area contributed by atoms with Gasteiger partial charge in [-0.25, -0.2) is 0 Å². The molecule has 3 unspecified atom stereocenters. The molecule has 2 aliphatic rings. The van der Waals surface area contributed by atoms with E-state index in [0.717, 1.165) is 12.4 Å². The number of para-hydroxylation sites is 1. The van der Waals surface area contributed by atoms with Crippen LogP contribution in [0.15, 0.2) is 24.3 Å².